The van der Waals surface area contributed by atoms with Gasteiger partial charge in [-0.3, -0.25) is 14.5 Å². The highest BCUT2D eigenvalue weighted by molar-refractivity contribution is 6.36. The van der Waals surface area contributed by atoms with Crippen molar-refractivity contribution in [1.82, 2.24) is 20.0 Å². The van der Waals surface area contributed by atoms with E-state index in [2.05, 4.69) is 5.32 Å². The highest BCUT2D eigenvalue weighted by Gasteiger charge is 2.36. The van der Waals surface area contributed by atoms with Crippen LogP contribution in [0.2, 0.25) is 10.0 Å². The Morgan fingerprint density at radius 2 is 1.65 bits per heavy atom. The lowest BCUT2D eigenvalue weighted by molar-refractivity contribution is -0.148. The molecule has 3 fully saturated rings. The summed E-state index contributed by atoms with van der Waals surface area (Å²) in [7, 11) is 0. The number of nitrogens with one attached hydrogen (secondary N) is 1. The summed E-state index contributed by atoms with van der Waals surface area (Å²) < 4.78 is 37.9. The molecule has 1 N–H and O–H groups in total. The average Bonchev–Trinajstić information content (AvgIpc) is 3.35. The molecule has 3 heterocycles. The SMILES string of the molecule is O=C(c1ccc(-c2cc(Cl)c(C[C@@H]3CNCCC3N3CCCC3=O)c(Cl)c2)cc1)N1CCN(CC(F)(F)F)CC1. The molecule has 6 nitrogen and oxygen atoms in total. The molecule has 0 saturated carbocycles. The number of halogens is 5. The van der Waals surface area contributed by atoms with Gasteiger partial charge in [0.2, 0.25) is 5.91 Å². The number of amides is 2. The van der Waals surface area contributed by atoms with Crippen LogP contribution in [0.4, 0.5) is 13.2 Å². The number of alkyl halides is 3. The van der Waals surface area contributed by atoms with E-state index < -0.39 is 12.7 Å². The van der Waals surface area contributed by atoms with Crippen LogP contribution in [-0.4, -0.2) is 91.1 Å². The van der Waals surface area contributed by atoms with Gasteiger partial charge in [0.15, 0.2) is 0 Å². The summed E-state index contributed by atoms with van der Waals surface area (Å²) >= 11 is 13.5. The summed E-state index contributed by atoms with van der Waals surface area (Å²) in [4.78, 5) is 30.3. The second kappa shape index (κ2) is 12.3. The Hall–Kier alpha value is -2.33. The van der Waals surface area contributed by atoms with Crippen LogP contribution >= 0.6 is 23.2 Å². The minimum Gasteiger partial charge on any atom is -0.339 e. The second-order valence-corrected chi connectivity index (χ2v) is 11.7. The number of likely N-dealkylation sites (tertiary alicyclic amines) is 1. The van der Waals surface area contributed by atoms with E-state index in [1.807, 2.05) is 29.2 Å². The van der Waals surface area contributed by atoms with Crippen molar-refractivity contribution < 1.29 is 22.8 Å². The predicted octanol–water partition coefficient (Wildman–Crippen LogP) is 5.12. The molecule has 3 aliphatic heterocycles. The largest absolute Gasteiger partial charge is 0.401 e. The van der Waals surface area contributed by atoms with Crippen molar-refractivity contribution in [2.75, 3.05) is 52.4 Å². The standard InChI is InChI=1S/C29H33Cl2F3N4O2/c30-24-15-21(16-25(31)23(24)14-22-17-35-8-7-26(22)38-9-1-2-27(38)39)19-3-5-20(6-4-19)28(40)37-12-10-36(11-13-37)18-29(32,33)34/h3-6,15-16,22,26,35H,1-2,7-14,17-18H2/t22-,26?/m1/s1. The van der Waals surface area contributed by atoms with E-state index in [4.69, 9.17) is 23.2 Å². The van der Waals surface area contributed by atoms with E-state index in [9.17, 15) is 22.8 Å². The zero-order valence-corrected chi connectivity index (χ0v) is 23.7. The maximum atomic E-state index is 12.9. The summed E-state index contributed by atoms with van der Waals surface area (Å²) in [5, 5.41) is 4.58. The third-order valence-electron chi connectivity index (χ3n) is 8.21. The minimum atomic E-state index is -4.24. The molecular weight excluding hydrogens is 564 g/mol. The summed E-state index contributed by atoms with van der Waals surface area (Å²) in [6, 6.07) is 11.0. The second-order valence-electron chi connectivity index (χ2n) is 10.9. The van der Waals surface area contributed by atoms with Crippen LogP contribution in [0.3, 0.4) is 0 Å². The van der Waals surface area contributed by atoms with Gasteiger partial charge in [-0.2, -0.15) is 13.2 Å². The predicted molar refractivity (Wildman–Crippen MR) is 150 cm³/mol. The van der Waals surface area contributed by atoms with Gasteiger partial charge in [-0.25, -0.2) is 0 Å². The van der Waals surface area contributed by atoms with Crippen molar-refractivity contribution >= 4 is 35.0 Å². The Balaban J connectivity index is 1.24. The van der Waals surface area contributed by atoms with Gasteiger partial charge in [-0.05, 0) is 72.7 Å². The monoisotopic (exact) mass is 596 g/mol. The molecule has 2 amide bonds. The first-order valence-corrected chi connectivity index (χ1v) is 14.5. The number of piperidine rings is 1. The minimum absolute atomic E-state index is 0.181. The van der Waals surface area contributed by atoms with Crippen LogP contribution < -0.4 is 5.32 Å². The molecule has 11 heteroatoms. The number of piperazine rings is 1. The van der Waals surface area contributed by atoms with E-state index >= 15 is 0 Å². The van der Waals surface area contributed by atoms with E-state index in [1.165, 1.54) is 4.90 Å². The molecule has 2 aromatic carbocycles. The molecular formula is C29H33Cl2F3N4O2. The van der Waals surface area contributed by atoms with Gasteiger partial charge in [0.25, 0.3) is 5.91 Å². The van der Waals surface area contributed by atoms with Crippen LogP contribution in [-0.2, 0) is 11.2 Å². The lowest BCUT2D eigenvalue weighted by Crippen LogP contribution is -2.50. The first-order chi connectivity index (χ1) is 19.1. The quantitative estimate of drug-likeness (QED) is 0.503. The van der Waals surface area contributed by atoms with Crippen molar-refractivity contribution in [3.63, 3.8) is 0 Å². The maximum absolute atomic E-state index is 12.9. The van der Waals surface area contributed by atoms with Crippen molar-refractivity contribution in [2.45, 2.75) is 37.9 Å². The van der Waals surface area contributed by atoms with Crippen molar-refractivity contribution in [3.05, 3.63) is 57.6 Å². The molecule has 5 rings (SSSR count). The Bertz CT molecular complexity index is 1210. The lowest BCUT2D eigenvalue weighted by Gasteiger charge is -2.38. The zero-order valence-electron chi connectivity index (χ0n) is 22.2. The summed E-state index contributed by atoms with van der Waals surface area (Å²) in [6.45, 7) is 2.45. The van der Waals surface area contributed by atoms with Gasteiger partial charge in [0, 0.05) is 67.3 Å². The summed E-state index contributed by atoms with van der Waals surface area (Å²) in [5.74, 6) is 0.254. The van der Waals surface area contributed by atoms with E-state index in [1.54, 1.807) is 17.0 Å². The Morgan fingerprint density at radius 1 is 0.975 bits per heavy atom. The molecule has 3 saturated heterocycles. The van der Waals surface area contributed by atoms with E-state index in [-0.39, 0.29) is 50.0 Å². The van der Waals surface area contributed by atoms with Gasteiger partial charge < -0.3 is 15.1 Å². The molecule has 2 atom stereocenters. The van der Waals surface area contributed by atoms with Crippen molar-refractivity contribution in [2.24, 2.45) is 5.92 Å². The summed E-state index contributed by atoms with van der Waals surface area (Å²) in [5.41, 5.74) is 3.02. The molecule has 216 valence electrons. The number of nitrogens with zero attached hydrogens (tertiary/aromatic N) is 3. The highest BCUT2D eigenvalue weighted by atomic mass is 35.5. The maximum Gasteiger partial charge on any atom is 0.401 e. The van der Waals surface area contributed by atoms with Gasteiger partial charge >= 0.3 is 6.18 Å². The highest BCUT2D eigenvalue weighted by Crippen LogP contribution is 2.36. The van der Waals surface area contributed by atoms with Crippen LogP contribution in [0.15, 0.2) is 36.4 Å². The van der Waals surface area contributed by atoms with Crippen LogP contribution in [0, 0.1) is 5.92 Å². The molecule has 2 aromatic rings. The Morgan fingerprint density at radius 3 is 2.25 bits per heavy atom. The molecule has 0 spiro atoms. The number of hydrogen-bond donors (Lipinski definition) is 1. The van der Waals surface area contributed by atoms with Gasteiger partial charge in [-0.1, -0.05) is 35.3 Å². The van der Waals surface area contributed by atoms with E-state index in [0.717, 1.165) is 49.2 Å². The van der Waals surface area contributed by atoms with E-state index in [0.29, 0.717) is 28.5 Å². The number of hydrogen-bond acceptors (Lipinski definition) is 4. The van der Waals surface area contributed by atoms with Crippen LogP contribution in [0.25, 0.3) is 11.1 Å². The normalized spacial score (nSPS) is 22.7. The number of rotatable bonds is 6. The van der Waals surface area contributed by atoms with Crippen molar-refractivity contribution in [3.8, 4) is 11.1 Å². The van der Waals surface area contributed by atoms with Gasteiger partial charge in [0.05, 0.1) is 6.54 Å². The number of benzene rings is 2. The number of carbonyl (C=O) groups excluding carboxylic acids is 2. The Kier molecular flexibility index (Phi) is 8.95. The molecule has 0 aliphatic carbocycles. The van der Waals surface area contributed by atoms with Gasteiger partial charge in [0.1, 0.15) is 0 Å². The third-order valence-corrected chi connectivity index (χ3v) is 8.89. The average molecular weight is 598 g/mol. The molecule has 0 aromatic heterocycles. The lowest BCUT2D eigenvalue weighted by atomic mass is 9.86. The zero-order chi connectivity index (χ0) is 28.4. The fraction of sp³-hybridized carbons (Fsp3) is 0.517. The fourth-order valence-corrected chi connectivity index (χ4v) is 6.77. The molecule has 0 bridgehead atoms. The first-order valence-electron chi connectivity index (χ1n) is 13.8. The fourth-order valence-electron chi connectivity index (χ4n) is 6.12. The van der Waals surface area contributed by atoms with Gasteiger partial charge in [-0.15, -0.1) is 0 Å². The molecule has 3 aliphatic rings. The third kappa shape index (κ3) is 6.75. The molecule has 0 radical (unpaired) electrons. The Labute approximate surface area is 242 Å². The smallest absolute Gasteiger partial charge is 0.339 e. The van der Waals surface area contributed by atoms with Crippen molar-refractivity contribution in [1.29, 1.82) is 0 Å². The van der Waals surface area contributed by atoms with Crippen LogP contribution in [0.5, 0.6) is 0 Å². The first kappa shape index (κ1) is 29.2. The molecule has 40 heavy (non-hydrogen) atoms. The number of carbonyl (C=O) groups is 2. The summed E-state index contributed by atoms with van der Waals surface area (Å²) in [6.07, 6.45) is -1.12. The topological polar surface area (TPSA) is 55.9 Å². The van der Waals surface area contributed by atoms with Crippen LogP contribution in [0.1, 0.15) is 35.2 Å². The molecule has 1 unspecified atom stereocenters.